The Morgan fingerprint density at radius 1 is 1.39 bits per heavy atom. The minimum absolute atomic E-state index is 0.142. The lowest BCUT2D eigenvalue weighted by Crippen LogP contribution is -2.40. The third kappa shape index (κ3) is 2.09. The fraction of sp³-hybridized carbons (Fsp3) is 0.333. The Hall–Kier alpha value is -2.24. The quantitative estimate of drug-likeness (QED) is 0.829. The summed E-state index contributed by atoms with van der Waals surface area (Å²) >= 11 is 0. The zero-order valence-corrected chi connectivity index (χ0v) is 9.78. The first-order valence-electron chi connectivity index (χ1n) is 5.90. The number of amides is 1. The van der Waals surface area contributed by atoms with Gasteiger partial charge in [-0.05, 0) is 12.5 Å². The second kappa shape index (κ2) is 4.56. The van der Waals surface area contributed by atoms with E-state index >= 15 is 0 Å². The summed E-state index contributed by atoms with van der Waals surface area (Å²) in [6.45, 7) is 0.841. The molecule has 1 N–H and O–H groups in total. The summed E-state index contributed by atoms with van der Waals surface area (Å²) < 4.78 is 1.98. The summed E-state index contributed by atoms with van der Waals surface area (Å²) in [5.74, 6) is -0.166. The minimum atomic E-state index is -0.166. The van der Waals surface area contributed by atoms with Gasteiger partial charge in [-0.2, -0.15) is 5.10 Å². The van der Waals surface area contributed by atoms with Crippen LogP contribution in [-0.2, 0) is 13.0 Å². The number of aryl methyl sites for hydroxylation is 1. The SMILES string of the molecule is O=C(N[C@@H]1CCn2nccc2C1)c1cnccn1. The van der Waals surface area contributed by atoms with Crippen molar-refractivity contribution in [1.29, 1.82) is 0 Å². The van der Waals surface area contributed by atoms with Crippen molar-refractivity contribution < 1.29 is 4.79 Å². The van der Waals surface area contributed by atoms with Gasteiger partial charge in [-0.1, -0.05) is 0 Å². The molecule has 0 aliphatic carbocycles. The summed E-state index contributed by atoms with van der Waals surface area (Å²) in [6.07, 6.45) is 8.04. The smallest absolute Gasteiger partial charge is 0.271 e. The van der Waals surface area contributed by atoms with E-state index in [1.54, 1.807) is 12.4 Å². The Morgan fingerprint density at radius 3 is 3.17 bits per heavy atom. The Kier molecular flexibility index (Phi) is 2.76. The molecule has 0 bridgehead atoms. The zero-order valence-electron chi connectivity index (χ0n) is 9.78. The molecule has 0 spiro atoms. The molecule has 6 nitrogen and oxygen atoms in total. The van der Waals surface area contributed by atoms with Crippen LogP contribution in [0.25, 0.3) is 0 Å². The number of fused-ring (bicyclic) bond motifs is 1. The molecule has 3 heterocycles. The third-order valence-electron chi connectivity index (χ3n) is 3.08. The molecule has 0 fully saturated rings. The highest BCUT2D eigenvalue weighted by Crippen LogP contribution is 2.13. The third-order valence-corrected chi connectivity index (χ3v) is 3.08. The highest BCUT2D eigenvalue weighted by molar-refractivity contribution is 5.92. The maximum absolute atomic E-state index is 11.9. The van der Waals surface area contributed by atoms with Crippen molar-refractivity contribution in [1.82, 2.24) is 25.1 Å². The maximum atomic E-state index is 11.9. The number of rotatable bonds is 2. The summed E-state index contributed by atoms with van der Waals surface area (Å²) in [7, 11) is 0. The van der Waals surface area contributed by atoms with E-state index in [0.29, 0.717) is 5.69 Å². The maximum Gasteiger partial charge on any atom is 0.271 e. The van der Waals surface area contributed by atoms with Gasteiger partial charge >= 0.3 is 0 Å². The molecule has 1 aliphatic heterocycles. The van der Waals surface area contributed by atoms with Crippen LogP contribution in [-0.4, -0.2) is 31.7 Å². The molecule has 92 valence electrons. The van der Waals surface area contributed by atoms with Crippen molar-refractivity contribution in [3.63, 3.8) is 0 Å². The molecule has 0 aromatic carbocycles. The summed E-state index contributed by atoms with van der Waals surface area (Å²) in [4.78, 5) is 19.8. The lowest BCUT2D eigenvalue weighted by molar-refractivity contribution is 0.0924. The summed E-state index contributed by atoms with van der Waals surface area (Å²) in [5.41, 5.74) is 1.52. The van der Waals surface area contributed by atoms with Crippen LogP contribution >= 0.6 is 0 Å². The number of nitrogens with one attached hydrogen (secondary N) is 1. The Bertz CT molecular complexity index is 551. The molecular formula is C12H13N5O. The number of carbonyl (C=O) groups excluding carboxylic acids is 1. The lowest BCUT2D eigenvalue weighted by atomic mass is 10.0. The van der Waals surface area contributed by atoms with E-state index < -0.39 is 0 Å². The molecular weight excluding hydrogens is 230 g/mol. The van der Waals surface area contributed by atoms with Crippen molar-refractivity contribution in [2.75, 3.05) is 0 Å². The van der Waals surface area contributed by atoms with Gasteiger partial charge in [0.25, 0.3) is 5.91 Å². The first-order valence-corrected chi connectivity index (χ1v) is 5.90. The van der Waals surface area contributed by atoms with Gasteiger partial charge in [0.15, 0.2) is 0 Å². The molecule has 3 rings (SSSR count). The Morgan fingerprint density at radius 2 is 2.33 bits per heavy atom. The monoisotopic (exact) mass is 243 g/mol. The number of carbonyl (C=O) groups is 1. The van der Waals surface area contributed by atoms with Crippen molar-refractivity contribution in [2.45, 2.75) is 25.4 Å². The van der Waals surface area contributed by atoms with Gasteiger partial charge in [-0.15, -0.1) is 0 Å². The molecule has 2 aromatic rings. The number of hydrogen-bond acceptors (Lipinski definition) is 4. The van der Waals surface area contributed by atoms with Crippen LogP contribution in [0.5, 0.6) is 0 Å². The fourth-order valence-corrected chi connectivity index (χ4v) is 2.17. The first-order chi connectivity index (χ1) is 8.83. The average Bonchev–Trinajstić information content (AvgIpc) is 2.87. The number of hydrogen-bond donors (Lipinski definition) is 1. The molecule has 1 amide bonds. The predicted molar refractivity (Wildman–Crippen MR) is 63.8 cm³/mol. The average molecular weight is 243 g/mol. The highest BCUT2D eigenvalue weighted by Gasteiger charge is 2.21. The Balaban J connectivity index is 1.67. The van der Waals surface area contributed by atoms with Gasteiger partial charge in [0.2, 0.25) is 0 Å². The van der Waals surface area contributed by atoms with Crippen molar-refractivity contribution in [3.05, 3.63) is 42.2 Å². The van der Waals surface area contributed by atoms with E-state index in [2.05, 4.69) is 20.4 Å². The lowest BCUT2D eigenvalue weighted by Gasteiger charge is -2.24. The highest BCUT2D eigenvalue weighted by atomic mass is 16.1. The minimum Gasteiger partial charge on any atom is -0.347 e. The van der Waals surface area contributed by atoms with Gasteiger partial charge in [-0.3, -0.25) is 14.5 Å². The van der Waals surface area contributed by atoms with Crippen LogP contribution in [0.1, 0.15) is 22.6 Å². The standard InChI is InChI=1S/C12H13N5O/c18-12(11-8-13-4-5-14-11)16-9-2-6-17-10(7-9)1-3-15-17/h1,3-5,8-9H,2,6-7H2,(H,16,18)/t9-/m1/s1. The van der Waals surface area contributed by atoms with Crippen molar-refractivity contribution in [3.8, 4) is 0 Å². The van der Waals surface area contributed by atoms with E-state index in [4.69, 9.17) is 0 Å². The van der Waals surface area contributed by atoms with E-state index in [0.717, 1.165) is 25.1 Å². The van der Waals surface area contributed by atoms with E-state index in [1.165, 1.54) is 12.4 Å². The summed E-state index contributed by atoms with van der Waals surface area (Å²) in [5, 5.41) is 7.19. The molecule has 0 unspecified atom stereocenters. The van der Waals surface area contributed by atoms with Gasteiger partial charge in [-0.25, -0.2) is 4.98 Å². The molecule has 1 aliphatic rings. The van der Waals surface area contributed by atoms with Crippen LogP contribution in [0.15, 0.2) is 30.9 Å². The number of nitrogens with zero attached hydrogens (tertiary/aromatic N) is 4. The second-order valence-corrected chi connectivity index (χ2v) is 4.30. The molecule has 0 saturated heterocycles. The molecule has 18 heavy (non-hydrogen) atoms. The fourth-order valence-electron chi connectivity index (χ4n) is 2.17. The van der Waals surface area contributed by atoms with Gasteiger partial charge in [0.1, 0.15) is 5.69 Å². The molecule has 1 atom stereocenters. The van der Waals surface area contributed by atoms with E-state index in [1.807, 2.05) is 10.7 Å². The molecule has 2 aromatic heterocycles. The van der Waals surface area contributed by atoms with Crippen LogP contribution in [0, 0.1) is 0 Å². The van der Waals surface area contributed by atoms with Crippen molar-refractivity contribution >= 4 is 5.91 Å². The van der Waals surface area contributed by atoms with Gasteiger partial charge < -0.3 is 5.32 Å². The summed E-state index contributed by atoms with van der Waals surface area (Å²) in [6, 6.07) is 2.13. The number of aromatic nitrogens is 4. The normalized spacial score (nSPS) is 18.1. The van der Waals surface area contributed by atoms with Crippen LogP contribution < -0.4 is 5.32 Å². The topological polar surface area (TPSA) is 72.7 Å². The zero-order chi connectivity index (χ0) is 12.4. The molecule has 0 radical (unpaired) electrons. The van der Waals surface area contributed by atoms with Crippen LogP contribution in [0.3, 0.4) is 0 Å². The van der Waals surface area contributed by atoms with Gasteiger partial charge in [0.05, 0.1) is 6.20 Å². The second-order valence-electron chi connectivity index (χ2n) is 4.30. The largest absolute Gasteiger partial charge is 0.347 e. The van der Waals surface area contributed by atoms with E-state index in [-0.39, 0.29) is 11.9 Å². The van der Waals surface area contributed by atoms with E-state index in [9.17, 15) is 4.79 Å². The van der Waals surface area contributed by atoms with Crippen LogP contribution in [0.2, 0.25) is 0 Å². The van der Waals surface area contributed by atoms with Crippen molar-refractivity contribution in [2.24, 2.45) is 0 Å². The predicted octanol–water partition coefficient (Wildman–Crippen LogP) is 0.418. The van der Waals surface area contributed by atoms with Gasteiger partial charge in [0, 0.05) is 43.3 Å². The molecule has 6 heteroatoms. The van der Waals surface area contributed by atoms with Crippen LogP contribution in [0.4, 0.5) is 0 Å². The first kappa shape index (κ1) is 10.9. The Labute approximate surface area is 104 Å². The molecule has 0 saturated carbocycles.